The topological polar surface area (TPSA) is 66.3 Å². The molecule has 98 valence electrons. The molecule has 0 unspecified atom stereocenters. The molecule has 0 radical (unpaired) electrons. The maximum absolute atomic E-state index is 11.0. The fourth-order valence-corrected chi connectivity index (χ4v) is 3.14. The van der Waals surface area contributed by atoms with Gasteiger partial charge in [-0.05, 0) is 18.2 Å². The quantitative estimate of drug-likeness (QED) is 0.902. The lowest BCUT2D eigenvalue weighted by Crippen LogP contribution is -2.32. The van der Waals surface area contributed by atoms with E-state index < -0.39 is 5.97 Å². The Hall–Kier alpha value is -1.82. The molecular formula is C13H13N3O2S. The molecule has 1 saturated heterocycles. The third kappa shape index (κ3) is 2.35. The third-order valence-electron chi connectivity index (χ3n) is 3.22. The monoisotopic (exact) mass is 275 g/mol. The summed E-state index contributed by atoms with van der Waals surface area (Å²) in [6.45, 7) is 1.98. The molecule has 0 atom stereocenters. The molecule has 0 spiro atoms. The van der Waals surface area contributed by atoms with Gasteiger partial charge in [0.05, 0.1) is 23.0 Å². The SMILES string of the molecule is O=C(O)c1ccc2c(N3CCSCC3)cnnc2c1. The molecule has 19 heavy (non-hydrogen) atoms. The second kappa shape index (κ2) is 5.05. The van der Waals surface area contributed by atoms with Crippen LogP contribution in [0.5, 0.6) is 0 Å². The normalized spacial score (nSPS) is 15.7. The number of carboxylic acids is 1. The Labute approximate surface area is 114 Å². The summed E-state index contributed by atoms with van der Waals surface area (Å²) in [6, 6.07) is 5.02. The van der Waals surface area contributed by atoms with Gasteiger partial charge in [-0.1, -0.05) is 0 Å². The fraction of sp³-hybridized carbons (Fsp3) is 0.308. The van der Waals surface area contributed by atoms with Crippen molar-refractivity contribution in [1.82, 2.24) is 10.2 Å². The van der Waals surface area contributed by atoms with Crippen molar-refractivity contribution in [2.75, 3.05) is 29.5 Å². The van der Waals surface area contributed by atoms with Gasteiger partial charge in [-0.25, -0.2) is 4.79 Å². The predicted molar refractivity (Wildman–Crippen MR) is 76.0 cm³/mol. The predicted octanol–water partition coefficient (Wildman–Crippen LogP) is 1.88. The van der Waals surface area contributed by atoms with E-state index in [2.05, 4.69) is 15.1 Å². The largest absolute Gasteiger partial charge is 0.478 e. The van der Waals surface area contributed by atoms with E-state index in [4.69, 9.17) is 5.11 Å². The summed E-state index contributed by atoms with van der Waals surface area (Å²) in [7, 11) is 0. The van der Waals surface area contributed by atoms with Crippen molar-refractivity contribution in [1.29, 1.82) is 0 Å². The lowest BCUT2D eigenvalue weighted by molar-refractivity contribution is 0.0697. The second-order valence-corrected chi connectivity index (χ2v) is 5.59. The van der Waals surface area contributed by atoms with Gasteiger partial charge in [-0.15, -0.1) is 0 Å². The van der Waals surface area contributed by atoms with E-state index in [1.165, 1.54) is 0 Å². The molecule has 1 aromatic heterocycles. The van der Waals surface area contributed by atoms with Gasteiger partial charge >= 0.3 is 5.97 Å². The van der Waals surface area contributed by atoms with Gasteiger partial charge in [0.15, 0.2) is 0 Å². The molecule has 0 aliphatic carbocycles. The zero-order chi connectivity index (χ0) is 13.2. The lowest BCUT2D eigenvalue weighted by atomic mass is 10.1. The number of fused-ring (bicyclic) bond motifs is 1. The van der Waals surface area contributed by atoms with Crippen LogP contribution in [0.3, 0.4) is 0 Å². The van der Waals surface area contributed by atoms with E-state index in [-0.39, 0.29) is 5.56 Å². The Kier molecular flexibility index (Phi) is 3.25. The summed E-state index contributed by atoms with van der Waals surface area (Å²) >= 11 is 1.95. The number of carboxylic acid groups (broad SMARTS) is 1. The van der Waals surface area contributed by atoms with Crippen LogP contribution in [0, 0.1) is 0 Å². The van der Waals surface area contributed by atoms with Crippen LogP contribution in [0.4, 0.5) is 5.69 Å². The van der Waals surface area contributed by atoms with Crippen molar-refractivity contribution >= 4 is 34.3 Å². The Morgan fingerprint density at radius 1 is 1.32 bits per heavy atom. The number of rotatable bonds is 2. The molecule has 0 saturated carbocycles. The number of nitrogens with zero attached hydrogens (tertiary/aromatic N) is 3. The summed E-state index contributed by atoms with van der Waals surface area (Å²) in [5.74, 6) is 1.28. The van der Waals surface area contributed by atoms with E-state index in [1.54, 1.807) is 18.3 Å². The molecule has 3 rings (SSSR count). The van der Waals surface area contributed by atoms with Crippen LogP contribution in [-0.4, -0.2) is 45.9 Å². The average molecular weight is 275 g/mol. The van der Waals surface area contributed by atoms with Gasteiger partial charge in [0, 0.05) is 30.0 Å². The number of benzene rings is 1. The smallest absolute Gasteiger partial charge is 0.335 e. The van der Waals surface area contributed by atoms with E-state index >= 15 is 0 Å². The van der Waals surface area contributed by atoms with Gasteiger partial charge < -0.3 is 10.0 Å². The summed E-state index contributed by atoms with van der Waals surface area (Å²) in [5.41, 5.74) is 1.92. The first-order chi connectivity index (χ1) is 9.25. The zero-order valence-electron chi connectivity index (χ0n) is 10.2. The highest BCUT2D eigenvalue weighted by atomic mass is 32.2. The molecule has 0 bridgehead atoms. The number of anilines is 1. The van der Waals surface area contributed by atoms with Gasteiger partial charge in [0.1, 0.15) is 0 Å². The van der Waals surface area contributed by atoms with Crippen LogP contribution < -0.4 is 4.90 Å². The molecular weight excluding hydrogens is 262 g/mol. The van der Waals surface area contributed by atoms with E-state index in [0.29, 0.717) is 5.52 Å². The van der Waals surface area contributed by atoms with E-state index in [0.717, 1.165) is 35.7 Å². The van der Waals surface area contributed by atoms with Gasteiger partial charge in [-0.3, -0.25) is 0 Å². The molecule has 1 N–H and O–H groups in total. The first kappa shape index (κ1) is 12.2. The molecule has 1 aliphatic heterocycles. The van der Waals surface area contributed by atoms with Gasteiger partial charge in [0.2, 0.25) is 0 Å². The Balaban J connectivity index is 2.07. The molecule has 0 amide bonds. The van der Waals surface area contributed by atoms with Crippen molar-refractivity contribution < 1.29 is 9.90 Å². The number of thioether (sulfide) groups is 1. The first-order valence-electron chi connectivity index (χ1n) is 6.07. The number of hydrogen-bond donors (Lipinski definition) is 1. The molecule has 2 heterocycles. The highest BCUT2D eigenvalue weighted by Crippen LogP contribution is 2.27. The Morgan fingerprint density at radius 2 is 2.11 bits per heavy atom. The van der Waals surface area contributed by atoms with Crippen molar-refractivity contribution in [3.8, 4) is 0 Å². The zero-order valence-corrected chi connectivity index (χ0v) is 11.1. The fourth-order valence-electron chi connectivity index (χ4n) is 2.24. The van der Waals surface area contributed by atoms with Crippen molar-refractivity contribution in [3.05, 3.63) is 30.0 Å². The summed E-state index contributed by atoms with van der Waals surface area (Å²) in [6.07, 6.45) is 1.76. The molecule has 6 heteroatoms. The highest BCUT2D eigenvalue weighted by molar-refractivity contribution is 7.99. The maximum atomic E-state index is 11.0. The molecule has 1 fully saturated rings. The van der Waals surface area contributed by atoms with Gasteiger partial charge in [-0.2, -0.15) is 22.0 Å². The maximum Gasteiger partial charge on any atom is 0.335 e. The Morgan fingerprint density at radius 3 is 2.84 bits per heavy atom. The second-order valence-electron chi connectivity index (χ2n) is 4.37. The van der Waals surface area contributed by atoms with Crippen molar-refractivity contribution in [2.45, 2.75) is 0 Å². The minimum Gasteiger partial charge on any atom is -0.478 e. The molecule has 5 nitrogen and oxygen atoms in total. The molecule has 1 aliphatic rings. The standard InChI is InChI=1S/C13H13N3O2S/c17-13(18)9-1-2-10-11(7-9)15-14-8-12(10)16-3-5-19-6-4-16/h1-2,7-8H,3-6H2,(H,17,18). The van der Waals surface area contributed by atoms with Crippen LogP contribution in [0.2, 0.25) is 0 Å². The van der Waals surface area contributed by atoms with Crippen LogP contribution >= 0.6 is 11.8 Å². The minimum absolute atomic E-state index is 0.244. The van der Waals surface area contributed by atoms with E-state index in [1.807, 2.05) is 17.8 Å². The van der Waals surface area contributed by atoms with Crippen molar-refractivity contribution in [3.63, 3.8) is 0 Å². The number of aromatic nitrogens is 2. The summed E-state index contributed by atoms with van der Waals surface area (Å²) < 4.78 is 0. The Bertz CT molecular complexity index is 626. The number of hydrogen-bond acceptors (Lipinski definition) is 5. The minimum atomic E-state index is -0.941. The van der Waals surface area contributed by atoms with Crippen LogP contribution in [-0.2, 0) is 0 Å². The summed E-state index contributed by atoms with van der Waals surface area (Å²) in [5, 5.41) is 18.0. The highest BCUT2D eigenvalue weighted by Gasteiger charge is 2.15. The van der Waals surface area contributed by atoms with Crippen LogP contribution in [0.1, 0.15) is 10.4 Å². The average Bonchev–Trinajstić information content (AvgIpc) is 2.47. The molecule has 1 aromatic carbocycles. The van der Waals surface area contributed by atoms with Crippen LogP contribution in [0.15, 0.2) is 24.4 Å². The van der Waals surface area contributed by atoms with E-state index in [9.17, 15) is 4.79 Å². The number of carbonyl (C=O) groups is 1. The van der Waals surface area contributed by atoms with Crippen molar-refractivity contribution in [2.24, 2.45) is 0 Å². The lowest BCUT2D eigenvalue weighted by Gasteiger charge is -2.28. The number of aromatic carboxylic acids is 1. The van der Waals surface area contributed by atoms with Crippen LogP contribution in [0.25, 0.3) is 10.9 Å². The van der Waals surface area contributed by atoms with Gasteiger partial charge in [0.25, 0.3) is 0 Å². The summed E-state index contributed by atoms with van der Waals surface area (Å²) in [4.78, 5) is 13.3. The molecule has 2 aromatic rings. The third-order valence-corrected chi connectivity index (χ3v) is 4.16. The first-order valence-corrected chi connectivity index (χ1v) is 7.22.